The molecule has 3 aromatic rings. The number of ether oxygens (including phenoxy) is 2. The quantitative estimate of drug-likeness (QED) is 0.638. The zero-order valence-corrected chi connectivity index (χ0v) is 17.4. The van der Waals surface area contributed by atoms with Crippen LogP contribution in [-0.4, -0.2) is 36.5 Å². The van der Waals surface area contributed by atoms with Crippen molar-refractivity contribution in [1.29, 1.82) is 0 Å². The summed E-state index contributed by atoms with van der Waals surface area (Å²) in [7, 11) is 0. The Morgan fingerprint density at radius 2 is 1.80 bits per heavy atom. The minimum atomic E-state index is -0.155. The van der Waals surface area contributed by atoms with Gasteiger partial charge in [-0.3, -0.25) is 9.59 Å². The predicted molar refractivity (Wildman–Crippen MR) is 117 cm³/mol. The number of benzene rings is 2. The molecule has 2 heterocycles. The lowest BCUT2D eigenvalue weighted by atomic mass is 10.1. The van der Waals surface area contributed by atoms with Crippen LogP contribution >= 0.6 is 11.3 Å². The molecule has 0 fully saturated rings. The van der Waals surface area contributed by atoms with Crippen molar-refractivity contribution in [1.82, 2.24) is 4.90 Å². The Kier molecular flexibility index (Phi) is 5.99. The molecule has 7 heteroatoms. The molecule has 4 rings (SSSR count). The number of hydrogen-bond donors (Lipinski definition) is 1. The highest BCUT2D eigenvalue weighted by molar-refractivity contribution is 7.12. The van der Waals surface area contributed by atoms with Gasteiger partial charge in [0, 0.05) is 24.3 Å². The zero-order chi connectivity index (χ0) is 20.9. The van der Waals surface area contributed by atoms with Gasteiger partial charge < -0.3 is 19.7 Å². The Morgan fingerprint density at radius 3 is 2.50 bits per heavy atom. The fourth-order valence-corrected chi connectivity index (χ4v) is 3.83. The molecule has 1 aromatic heterocycles. The molecule has 0 spiro atoms. The van der Waals surface area contributed by atoms with Crippen LogP contribution < -0.4 is 14.8 Å². The maximum absolute atomic E-state index is 13.0. The summed E-state index contributed by atoms with van der Waals surface area (Å²) >= 11 is 1.38. The summed E-state index contributed by atoms with van der Waals surface area (Å²) in [6, 6.07) is 16.3. The first-order chi connectivity index (χ1) is 14.6. The summed E-state index contributed by atoms with van der Waals surface area (Å²) in [5.41, 5.74) is 2.21. The molecule has 1 N–H and O–H groups in total. The molecule has 1 aliphatic heterocycles. The SMILES string of the molecule is CCN(Cc1ccc2c(c1)OCCO2)C(=O)c1ccc(NC(=O)c2cccs2)cc1. The standard InChI is InChI=1S/C23H22N2O4S/c1-2-25(15-16-5-10-19-20(14-16)29-12-11-28-19)23(27)17-6-8-18(9-7-17)24-22(26)21-4-3-13-30-21/h3-10,13-14H,2,11-12,15H2,1H3,(H,24,26). The molecule has 0 aliphatic carbocycles. The van der Waals surface area contributed by atoms with E-state index >= 15 is 0 Å². The van der Waals surface area contributed by atoms with E-state index in [1.54, 1.807) is 35.2 Å². The van der Waals surface area contributed by atoms with Gasteiger partial charge >= 0.3 is 0 Å². The summed E-state index contributed by atoms with van der Waals surface area (Å²) < 4.78 is 11.2. The molecule has 0 bridgehead atoms. The van der Waals surface area contributed by atoms with Gasteiger partial charge in [0.2, 0.25) is 0 Å². The number of nitrogens with one attached hydrogen (secondary N) is 1. The van der Waals surface area contributed by atoms with E-state index in [1.165, 1.54) is 11.3 Å². The van der Waals surface area contributed by atoms with Gasteiger partial charge in [-0.1, -0.05) is 12.1 Å². The van der Waals surface area contributed by atoms with Crippen LogP contribution in [0.1, 0.15) is 32.5 Å². The second kappa shape index (κ2) is 9.00. The fraction of sp³-hybridized carbons (Fsp3) is 0.217. The largest absolute Gasteiger partial charge is 0.486 e. The fourth-order valence-electron chi connectivity index (χ4n) is 3.21. The van der Waals surface area contributed by atoms with Gasteiger partial charge in [0.1, 0.15) is 13.2 Å². The lowest BCUT2D eigenvalue weighted by Crippen LogP contribution is -2.30. The Labute approximate surface area is 179 Å². The number of carbonyl (C=O) groups excluding carboxylic acids is 2. The van der Waals surface area contributed by atoms with Gasteiger partial charge in [0.25, 0.3) is 11.8 Å². The first-order valence-electron chi connectivity index (χ1n) is 9.77. The number of anilines is 1. The van der Waals surface area contributed by atoms with Crippen LogP contribution in [0.2, 0.25) is 0 Å². The summed E-state index contributed by atoms with van der Waals surface area (Å²) in [6.45, 7) is 4.08. The van der Waals surface area contributed by atoms with E-state index in [1.807, 2.05) is 36.6 Å². The number of thiophene rings is 1. The molecule has 0 radical (unpaired) electrons. The monoisotopic (exact) mass is 422 g/mol. The van der Waals surface area contributed by atoms with E-state index in [2.05, 4.69) is 5.32 Å². The van der Waals surface area contributed by atoms with Gasteiger partial charge in [-0.15, -0.1) is 11.3 Å². The summed E-state index contributed by atoms with van der Waals surface area (Å²) in [5.74, 6) is 1.23. The lowest BCUT2D eigenvalue weighted by molar-refractivity contribution is 0.0752. The van der Waals surface area contributed by atoms with E-state index < -0.39 is 0 Å². The highest BCUT2D eigenvalue weighted by atomic mass is 32.1. The van der Waals surface area contributed by atoms with Crippen molar-refractivity contribution in [2.24, 2.45) is 0 Å². The molecule has 154 valence electrons. The van der Waals surface area contributed by atoms with E-state index in [-0.39, 0.29) is 11.8 Å². The van der Waals surface area contributed by atoms with E-state index in [9.17, 15) is 9.59 Å². The third-order valence-electron chi connectivity index (χ3n) is 4.78. The zero-order valence-electron chi connectivity index (χ0n) is 16.6. The van der Waals surface area contributed by atoms with Gasteiger partial charge in [-0.25, -0.2) is 0 Å². The first kappa shape index (κ1) is 20.0. The smallest absolute Gasteiger partial charge is 0.265 e. The first-order valence-corrected chi connectivity index (χ1v) is 10.6. The maximum Gasteiger partial charge on any atom is 0.265 e. The van der Waals surface area contributed by atoms with E-state index in [0.29, 0.717) is 48.2 Å². The highest BCUT2D eigenvalue weighted by Gasteiger charge is 2.17. The van der Waals surface area contributed by atoms with Gasteiger partial charge in [-0.2, -0.15) is 0 Å². The van der Waals surface area contributed by atoms with Crippen LogP contribution in [0.15, 0.2) is 60.0 Å². The van der Waals surface area contributed by atoms with Crippen molar-refractivity contribution in [2.75, 3.05) is 25.1 Å². The number of rotatable bonds is 6. The average Bonchev–Trinajstić information content (AvgIpc) is 3.33. The van der Waals surface area contributed by atoms with Crippen LogP contribution in [0.5, 0.6) is 11.5 Å². The third-order valence-corrected chi connectivity index (χ3v) is 5.65. The van der Waals surface area contributed by atoms with E-state index in [0.717, 1.165) is 11.3 Å². The van der Waals surface area contributed by atoms with Crippen molar-refractivity contribution < 1.29 is 19.1 Å². The Balaban J connectivity index is 1.42. The highest BCUT2D eigenvalue weighted by Crippen LogP contribution is 2.31. The topological polar surface area (TPSA) is 67.9 Å². The molecule has 2 aromatic carbocycles. The van der Waals surface area contributed by atoms with Crippen LogP contribution in [0.25, 0.3) is 0 Å². The number of amides is 2. The number of fused-ring (bicyclic) bond motifs is 1. The third kappa shape index (κ3) is 4.46. The van der Waals surface area contributed by atoms with Crippen LogP contribution in [0.3, 0.4) is 0 Å². The van der Waals surface area contributed by atoms with Crippen LogP contribution in [0.4, 0.5) is 5.69 Å². The number of hydrogen-bond acceptors (Lipinski definition) is 5. The van der Waals surface area contributed by atoms with Crippen LogP contribution in [0, 0.1) is 0 Å². The van der Waals surface area contributed by atoms with E-state index in [4.69, 9.17) is 9.47 Å². The Bertz CT molecular complexity index is 1030. The molecule has 0 saturated carbocycles. The van der Waals surface area contributed by atoms with Crippen molar-refractivity contribution in [3.05, 3.63) is 76.0 Å². The summed E-state index contributed by atoms with van der Waals surface area (Å²) in [4.78, 5) is 27.5. The van der Waals surface area contributed by atoms with Crippen molar-refractivity contribution in [3.8, 4) is 11.5 Å². The van der Waals surface area contributed by atoms with Crippen LogP contribution in [-0.2, 0) is 6.54 Å². The molecule has 1 aliphatic rings. The van der Waals surface area contributed by atoms with Gasteiger partial charge in [-0.05, 0) is 60.3 Å². The average molecular weight is 423 g/mol. The molecule has 0 saturated heterocycles. The molecule has 30 heavy (non-hydrogen) atoms. The lowest BCUT2D eigenvalue weighted by Gasteiger charge is -2.23. The minimum Gasteiger partial charge on any atom is -0.486 e. The number of carbonyl (C=O) groups is 2. The second-order valence-corrected chi connectivity index (χ2v) is 7.75. The number of nitrogens with zero attached hydrogens (tertiary/aromatic N) is 1. The van der Waals surface area contributed by atoms with Gasteiger partial charge in [0.05, 0.1) is 4.88 Å². The van der Waals surface area contributed by atoms with Gasteiger partial charge in [0.15, 0.2) is 11.5 Å². The molecular weight excluding hydrogens is 400 g/mol. The normalized spacial score (nSPS) is 12.3. The predicted octanol–water partition coefficient (Wildman–Crippen LogP) is 4.43. The maximum atomic E-state index is 13.0. The summed E-state index contributed by atoms with van der Waals surface area (Å²) in [6.07, 6.45) is 0. The summed E-state index contributed by atoms with van der Waals surface area (Å²) in [5, 5.41) is 4.70. The molecule has 0 atom stereocenters. The molecule has 0 unspecified atom stereocenters. The molecule has 2 amide bonds. The van der Waals surface area contributed by atoms with Crippen molar-refractivity contribution >= 4 is 28.8 Å². The molecule has 6 nitrogen and oxygen atoms in total. The van der Waals surface area contributed by atoms with Crippen molar-refractivity contribution in [2.45, 2.75) is 13.5 Å². The minimum absolute atomic E-state index is 0.0662. The Morgan fingerprint density at radius 1 is 1.03 bits per heavy atom. The van der Waals surface area contributed by atoms with Crippen molar-refractivity contribution in [3.63, 3.8) is 0 Å². The Hall–Kier alpha value is -3.32. The molecular formula is C23H22N2O4S. The second-order valence-electron chi connectivity index (χ2n) is 6.81.